The van der Waals surface area contributed by atoms with Crippen LogP contribution < -0.4 is 10.1 Å². The summed E-state index contributed by atoms with van der Waals surface area (Å²) in [5.74, 6) is 0.804. The van der Waals surface area contributed by atoms with Gasteiger partial charge in [-0.15, -0.1) is 0 Å². The molecule has 1 unspecified atom stereocenters. The lowest BCUT2D eigenvalue weighted by molar-refractivity contribution is 0.0527. The van der Waals surface area contributed by atoms with Crippen molar-refractivity contribution in [3.8, 4) is 5.75 Å². The minimum absolute atomic E-state index is 0.0128. The Morgan fingerprint density at radius 3 is 2.58 bits per heavy atom. The summed E-state index contributed by atoms with van der Waals surface area (Å²) < 4.78 is 5.41. The molecule has 2 aromatic rings. The van der Waals surface area contributed by atoms with Gasteiger partial charge in [-0.1, -0.05) is 42.5 Å². The van der Waals surface area contributed by atoms with E-state index in [1.165, 1.54) is 5.56 Å². The summed E-state index contributed by atoms with van der Waals surface area (Å²) in [6, 6.07) is 18.7. The third-order valence-corrected chi connectivity index (χ3v) is 4.89. The molecule has 0 spiro atoms. The van der Waals surface area contributed by atoms with Crippen LogP contribution in [-0.2, 0) is 0 Å². The number of piperidine rings is 1. The molecule has 1 heterocycles. The van der Waals surface area contributed by atoms with Gasteiger partial charge in [0.2, 0.25) is 0 Å². The first-order chi connectivity index (χ1) is 11.7. The van der Waals surface area contributed by atoms with Crippen LogP contribution in [0.1, 0.15) is 24.9 Å². The predicted octanol–water partition coefficient (Wildman–Crippen LogP) is 3.30. The zero-order valence-electron chi connectivity index (χ0n) is 14.4. The number of aliphatic hydroxyl groups excluding tert-OH is 1. The van der Waals surface area contributed by atoms with Crippen LogP contribution in [0.3, 0.4) is 0 Å². The molecular weight excluding hydrogens is 300 g/mol. The van der Waals surface area contributed by atoms with E-state index in [-0.39, 0.29) is 12.1 Å². The fourth-order valence-corrected chi connectivity index (χ4v) is 3.36. The first kappa shape index (κ1) is 16.8. The second kappa shape index (κ2) is 7.69. The van der Waals surface area contributed by atoms with Gasteiger partial charge in [-0.25, -0.2) is 0 Å². The van der Waals surface area contributed by atoms with Gasteiger partial charge in [-0.2, -0.15) is 0 Å². The quantitative estimate of drug-likeness (QED) is 0.885. The molecule has 2 aromatic carbocycles. The number of hydrogen-bond acceptors (Lipinski definition) is 4. The Morgan fingerprint density at radius 1 is 1.12 bits per heavy atom. The van der Waals surface area contributed by atoms with Gasteiger partial charge < -0.3 is 15.2 Å². The molecule has 1 saturated heterocycles. The van der Waals surface area contributed by atoms with Crippen molar-refractivity contribution < 1.29 is 9.84 Å². The number of aliphatic hydroxyl groups is 1. The zero-order valence-corrected chi connectivity index (χ0v) is 14.4. The Bertz CT molecular complexity index is 647. The minimum atomic E-state index is -0.353. The monoisotopic (exact) mass is 326 g/mol. The second-order valence-corrected chi connectivity index (χ2v) is 6.39. The van der Waals surface area contributed by atoms with E-state index >= 15 is 0 Å². The topological polar surface area (TPSA) is 44.7 Å². The van der Waals surface area contributed by atoms with Gasteiger partial charge in [-0.3, -0.25) is 4.90 Å². The highest BCUT2D eigenvalue weighted by Gasteiger charge is 2.30. The highest BCUT2D eigenvalue weighted by Crippen LogP contribution is 2.28. The first-order valence-electron chi connectivity index (χ1n) is 8.55. The largest absolute Gasteiger partial charge is 0.495 e. The number of benzene rings is 2. The average Bonchev–Trinajstić information content (AvgIpc) is 2.64. The average molecular weight is 326 g/mol. The maximum Gasteiger partial charge on any atom is 0.141 e. The maximum atomic E-state index is 10.4. The van der Waals surface area contributed by atoms with E-state index in [1.807, 2.05) is 30.3 Å². The summed E-state index contributed by atoms with van der Waals surface area (Å²) in [6.07, 6.45) is 0.415. The van der Waals surface area contributed by atoms with Crippen LogP contribution in [0.5, 0.6) is 5.75 Å². The number of hydrogen-bond donors (Lipinski definition) is 2. The second-order valence-electron chi connectivity index (χ2n) is 6.39. The van der Waals surface area contributed by atoms with Crippen LogP contribution in [-0.4, -0.2) is 42.4 Å². The summed E-state index contributed by atoms with van der Waals surface area (Å²) in [5, 5.41) is 13.9. The predicted molar refractivity (Wildman–Crippen MR) is 97.5 cm³/mol. The van der Waals surface area contributed by atoms with Gasteiger partial charge in [0.1, 0.15) is 5.75 Å². The van der Waals surface area contributed by atoms with Gasteiger partial charge in [0.25, 0.3) is 0 Å². The lowest BCUT2D eigenvalue weighted by Gasteiger charge is -2.40. The standard InChI is InChI=1S/C20H26N2O2/c1-15(16-8-4-3-5-9-16)22-13-12-19(23)18(14-22)21-17-10-6-7-11-20(17)24-2/h3-11,15,18-19,21,23H,12-14H2,1-2H3/t15?,18-,19-/m1/s1. The number of rotatable bonds is 5. The van der Waals surface area contributed by atoms with E-state index in [4.69, 9.17) is 4.74 Å². The Morgan fingerprint density at radius 2 is 1.83 bits per heavy atom. The first-order valence-corrected chi connectivity index (χ1v) is 8.55. The Kier molecular flexibility index (Phi) is 5.38. The van der Waals surface area contributed by atoms with Crippen LogP contribution in [0.25, 0.3) is 0 Å². The Labute approximate surface area is 144 Å². The Balaban J connectivity index is 1.72. The smallest absolute Gasteiger partial charge is 0.141 e. The third-order valence-electron chi connectivity index (χ3n) is 4.89. The van der Waals surface area contributed by atoms with E-state index in [9.17, 15) is 5.11 Å². The summed E-state index contributed by atoms with van der Waals surface area (Å²) in [6.45, 7) is 3.93. The van der Waals surface area contributed by atoms with Crippen molar-refractivity contribution >= 4 is 5.69 Å². The molecule has 0 bridgehead atoms. The van der Waals surface area contributed by atoms with Crippen LogP contribution in [0, 0.1) is 0 Å². The molecule has 3 rings (SSSR count). The molecule has 0 saturated carbocycles. The van der Waals surface area contributed by atoms with Crippen LogP contribution in [0.15, 0.2) is 54.6 Å². The van der Waals surface area contributed by atoms with E-state index in [0.29, 0.717) is 6.04 Å². The Hall–Kier alpha value is -2.04. The SMILES string of the molecule is COc1ccccc1N[C@@H]1CN(C(C)c2ccccc2)CC[C@H]1O. The molecule has 0 amide bonds. The molecule has 3 atom stereocenters. The molecular formula is C20H26N2O2. The van der Waals surface area contributed by atoms with E-state index in [0.717, 1.165) is 30.9 Å². The van der Waals surface area contributed by atoms with Gasteiger partial charge in [-0.05, 0) is 31.0 Å². The number of anilines is 1. The fourth-order valence-electron chi connectivity index (χ4n) is 3.36. The van der Waals surface area contributed by atoms with Crippen molar-refractivity contribution in [2.75, 3.05) is 25.5 Å². The van der Waals surface area contributed by atoms with Gasteiger partial charge in [0.05, 0.1) is 24.9 Å². The van der Waals surface area contributed by atoms with Gasteiger partial charge >= 0.3 is 0 Å². The lowest BCUT2D eigenvalue weighted by Crippen LogP contribution is -2.51. The van der Waals surface area contributed by atoms with E-state index < -0.39 is 0 Å². The molecule has 128 valence electrons. The molecule has 24 heavy (non-hydrogen) atoms. The van der Waals surface area contributed by atoms with Crippen molar-refractivity contribution in [1.29, 1.82) is 0 Å². The van der Waals surface area contributed by atoms with Gasteiger partial charge in [0, 0.05) is 19.1 Å². The molecule has 1 aliphatic rings. The maximum absolute atomic E-state index is 10.4. The molecule has 0 aromatic heterocycles. The van der Waals surface area contributed by atoms with Crippen LogP contribution in [0.4, 0.5) is 5.69 Å². The zero-order chi connectivity index (χ0) is 16.9. The molecule has 2 N–H and O–H groups in total. The van der Waals surface area contributed by atoms with Crippen molar-refractivity contribution in [3.05, 3.63) is 60.2 Å². The lowest BCUT2D eigenvalue weighted by atomic mass is 9.98. The molecule has 0 aliphatic carbocycles. The number of likely N-dealkylation sites (tertiary alicyclic amines) is 1. The molecule has 4 heteroatoms. The highest BCUT2D eigenvalue weighted by atomic mass is 16.5. The van der Waals surface area contributed by atoms with Crippen molar-refractivity contribution in [1.82, 2.24) is 4.90 Å². The number of nitrogens with zero attached hydrogens (tertiary/aromatic N) is 1. The summed E-state index contributed by atoms with van der Waals surface area (Å²) in [4.78, 5) is 2.43. The van der Waals surface area contributed by atoms with Crippen LogP contribution >= 0.6 is 0 Å². The fraction of sp³-hybridized carbons (Fsp3) is 0.400. The molecule has 0 radical (unpaired) electrons. The van der Waals surface area contributed by atoms with E-state index in [2.05, 4.69) is 41.4 Å². The summed E-state index contributed by atoms with van der Waals surface area (Å²) in [5.41, 5.74) is 2.24. The van der Waals surface area contributed by atoms with E-state index in [1.54, 1.807) is 7.11 Å². The summed E-state index contributed by atoms with van der Waals surface area (Å²) >= 11 is 0. The summed E-state index contributed by atoms with van der Waals surface area (Å²) in [7, 11) is 1.67. The normalized spacial score (nSPS) is 22.8. The molecule has 4 nitrogen and oxygen atoms in total. The number of nitrogens with one attached hydrogen (secondary N) is 1. The third kappa shape index (κ3) is 3.71. The number of para-hydroxylation sites is 2. The molecule has 1 aliphatic heterocycles. The van der Waals surface area contributed by atoms with Crippen molar-refractivity contribution in [2.24, 2.45) is 0 Å². The van der Waals surface area contributed by atoms with Crippen molar-refractivity contribution in [3.63, 3.8) is 0 Å². The number of ether oxygens (including phenoxy) is 1. The minimum Gasteiger partial charge on any atom is -0.495 e. The van der Waals surface area contributed by atoms with Crippen molar-refractivity contribution in [2.45, 2.75) is 31.5 Å². The van der Waals surface area contributed by atoms with Crippen LogP contribution in [0.2, 0.25) is 0 Å². The molecule has 1 fully saturated rings. The number of methoxy groups -OCH3 is 1. The van der Waals surface area contributed by atoms with Gasteiger partial charge in [0.15, 0.2) is 0 Å². The highest BCUT2D eigenvalue weighted by molar-refractivity contribution is 5.57.